The second-order valence-electron chi connectivity index (χ2n) is 8.61. The molecule has 1 fully saturated rings. The third kappa shape index (κ3) is 5.44. The number of carbonyl (C=O) groups is 1. The largest absolute Gasteiger partial charge is 0.418 e. The van der Waals surface area contributed by atoms with E-state index in [2.05, 4.69) is 17.0 Å². The zero-order valence-electron chi connectivity index (χ0n) is 18.9. The molecule has 0 radical (unpaired) electrons. The van der Waals surface area contributed by atoms with Crippen molar-refractivity contribution in [3.63, 3.8) is 0 Å². The Balaban J connectivity index is 1.71. The van der Waals surface area contributed by atoms with E-state index in [1.807, 2.05) is 0 Å². The second kappa shape index (κ2) is 10.3. The summed E-state index contributed by atoms with van der Waals surface area (Å²) in [6, 6.07) is 9.48. The van der Waals surface area contributed by atoms with Crippen molar-refractivity contribution in [3.05, 3.63) is 88.2 Å². The fourth-order valence-electron chi connectivity index (χ4n) is 4.49. The van der Waals surface area contributed by atoms with Gasteiger partial charge >= 0.3 is 6.18 Å². The molecule has 4 rings (SSSR count). The number of amides is 1. The summed E-state index contributed by atoms with van der Waals surface area (Å²) in [5.74, 6) is -0.586. The summed E-state index contributed by atoms with van der Waals surface area (Å²) in [7, 11) is 0. The van der Waals surface area contributed by atoms with Gasteiger partial charge < -0.3 is 10.4 Å². The van der Waals surface area contributed by atoms with E-state index in [4.69, 9.17) is 11.6 Å². The van der Waals surface area contributed by atoms with Crippen molar-refractivity contribution >= 4 is 23.6 Å². The molecule has 2 aromatic carbocycles. The first-order chi connectivity index (χ1) is 16.7. The Morgan fingerprint density at radius 2 is 1.97 bits per heavy atom. The Morgan fingerprint density at radius 1 is 1.26 bits per heavy atom. The van der Waals surface area contributed by atoms with Crippen LogP contribution in [0.15, 0.2) is 55.4 Å². The van der Waals surface area contributed by atoms with Gasteiger partial charge in [-0.25, -0.2) is 4.68 Å². The Morgan fingerprint density at radius 3 is 2.57 bits per heavy atom. The lowest BCUT2D eigenvalue weighted by molar-refractivity contribution is -0.138. The van der Waals surface area contributed by atoms with E-state index in [1.54, 1.807) is 47.4 Å². The number of rotatable bonds is 6. The minimum atomic E-state index is -4.73. The maximum atomic E-state index is 14.1. The first kappa shape index (κ1) is 25.0. The van der Waals surface area contributed by atoms with Gasteiger partial charge in [0.05, 0.1) is 28.4 Å². The minimum Gasteiger partial charge on any atom is -0.391 e. The van der Waals surface area contributed by atoms with Gasteiger partial charge in [0, 0.05) is 23.5 Å². The number of halogens is 4. The molecule has 3 aromatic rings. The Labute approximate surface area is 206 Å². The molecular formula is C26H25ClF3N3O2. The summed E-state index contributed by atoms with van der Waals surface area (Å²) in [5, 5.41) is 16.6. The fourth-order valence-corrected chi connectivity index (χ4v) is 4.89. The van der Waals surface area contributed by atoms with Crippen LogP contribution in [0.3, 0.4) is 0 Å². The highest BCUT2D eigenvalue weighted by atomic mass is 35.5. The van der Waals surface area contributed by atoms with E-state index in [1.165, 1.54) is 6.07 Å². The first-order valence-electron chi connectivity index (χ1n) is 11.3. The summed E-state index contributed by atoms with van der Waals surface area (Å²) in [5.41, 5.74) is 0.191. The van der Waals surface area contributed by atoms with Crippen LogP contribution in [0.2, 0.25) is 5.02 Å². The molecule has 2 atom stereocenters. The van der Waals surface area contributed by atoms with Crippen LogP contribution in [0.4, 0.5) is 13.2 Å². The number of hydrogen-bond donors (Lipinski definition) is 2. The molecule has 1 aromatic heterocycles. The van der Waals surface area contributed by atoms with Crippen molar-refractivity contribution in [2.24, 2.45) is 0 Å². The third-order valence-electron chi connectivity index (χ3n) is 6.26. The number of aromatic nitrogens is 2. The standard InChI is InChI=1S/C26H25ClF3N3O2/c1-2-19-20(25(35)32-21-6-3-4-7-22(21)34)15-17(23(24(19)27)26(28,29)30)14-16-8-10-18(11-9-16)33-13-5-12-31-33/h2,5,8-13,15,21-22,34H,1,3-4,6-7,14H2,(H,32,35). The highest BCUT2D eigenvalue weighted by Gasteiger charge is 2.38. The molecule has 9 heteroatoms. The molecule has 35 heavy (non-hydrogen) atoms. The molecule has 2 unspecified atom stereocenters. The Kier molecular flexibility index (Phi) is 7.33. The van der Waals surface area contributed by atoms with Crippen molar-refractivity contribution in [1.82, 2.24) is 15.1 Å². The molecule has 1 aliphatic carbocycles. The van der Waals surface area contributed by atoms with Gasteiger partial charge in [0.1, 0.15) is 0 Å². The summed E-state index contributed by atoms with van der Waals surface area (Å²) in [4.78, 5) is 13.1. The lowest BCUT2D eigenvalue weighted by atomic mass is 9.90. The zero-order valence-corrected chi connectivity index (χ0v) is 19.6. The summed E-state index contributed by atoms with van der Waals surface area (Å²) < 4.78 is 43.9. The van der Waals surface area contributed by atoms with Crippen LogP contribution >= 0.6 is 11.6 Å². The number of nitrogens with one attached hydrogen (secondary N) is 1. The average molecular weight is 504 g/mol. The quantitative estimate of drug-likeness (QED) is 0.446. The van der Waals surface area contributed by atoms with Crippen molar-refractivity contribution in [1.29, 1.82) is 0 Å². The van der Waals surface area contributed by atoms with Gasteiger partial charge in [-0.1, -0.05) is 49.2 Å². The fraction of sp³-hybridized carbons (Fsp3) is 0.308. The summed E-state index contributed by atoms with van der Waals surface area (Å²) >= 11 is 6.25. The maximum absolute atomic E-state index is 14.1. The van der Waals surface area contributed by atoms with Gasteiger partial charge in [0.2, 0.25) is 0 Å². The van der Waals surface area contributed by atoms with Gasteiger partial charge in [0.15, 0.2) is 0 Å². The normalized spacial score (nSPS) is 18.3. The summed E-state index contributed by atoms with van der Waals surface area (Å²) in [6.07, 6.45) is 1.91. The van der Waals surface area contributed by atoms with Crippen LogP contribution in [0.1, 0.15) is 58.3 Å². The molecule has 0 spiro atoms. The van der Waals surface area contributed by atoms with E-state index in [9.17, 15) is 23.1 Å². The number of aliphatic hydroxyl groups excluding tert-OH is 1. The number of hydrogen-bond acceptors (Lipinski definition) is 3. The van der Waals surface area contributed by atoms with Gasteiger partial charge in [-0.2, -0.15) is 18.3 Å². The predicted octanol–water partition coefficient (Wildman–Crippen LogP) is 5.81. The molecule has 1 heterocycles. The van der Waals surface area contributed by atoms with Gasteiger partial charge in [-0.05, 0) is 54.7 Å². The molecule has 1 aliphatic rings. The van der Waals surface area contributed by atoms with Crippen LogP contribution in [0, 0.1) is 0 Å². The number of carbonyl (C=O) groups excluding carboxylic acids is 1. The highest BCUT2D eigenvalue weighted by molar-refractivity contribution is 6.33. The number of nitrogens with zero attached hydrogens (tertiary/aromatic N) is 2. The zero-order chi connectivity index (χ0) is 25.2. The molecular weight excluding hydrogens is 479 g/mol. The smallest absolute Gasteiger partial charge is 0.391 e. The van der Waals surface area contributed by atoms with Crippen molar-refractivity contribution in [3.8, 4) is 5.69 Å². The predicted molar refractivity (Wildman–Crippen MR) is 129 cm³/mol. The van der Waals surface area contributed by atoms with Crippen LogP contribution in [0.5, 0.6) is 0 Å². The van der Waals surface area contributed by atoms with Gasteiger partial charge in [-0.3, -0.25) is 4.79 Å². The minimum absolute atomic E-state index is 0.000986. The number of alkyl halides is 3. The third-order valence-corrected chi connectivity index (χ3v) is 6.66. The summed E-state index contributed by atoms with van der Waals surface area (Å²) in [6.45, 7) is 3.58. The van der Waals surface area contributed by atoms with Crippen LogP contribution in [-0.2, 0) is 12.6 Å². The molecule has 1 saturated carbocycles. The van der Waals surface area contributed by atoms with Crippen LogP contribution in [0.25, 0.3) is 11.8 Å². The molecule has 1 amide bonds. The second-order valence-corrected chi connectivity index (χ2v) is 8.99. The maximum Gasteiger partial charge on any atom is 0.418 e. The average Bonchev–Trinajstić information content (AvgIpc) is 3.35. The lowest BCUT2D eigenvalue weighted by Crippen LogP contribution is -2.45. The van der Waals surface area contributed by atoms with Crippen LogP contribution in [-0.4, -0.2) is 32.9 Å². The van der Waals surface area contributed by atoms with Gasteiger partial charge in [0.25, 0.3) is 5.91 Å². The molecule has 0 aliphatic heterocycles. The SMILES string of the molecule is C=Cc1c(C(=O)NC2CCCCC2O)cc(Cc2ccc(-n3cccn3)cc2)c(C(F)(F)F)c1Cl. The van der Waals surface area contributed by atoms with Crippen molar-refractivity contribution in [2.45, 2.75) is 50.4 Å². The molecule has 184 valence electrons. The van der Waals surface area contributed by atoms with E-state index >= 15 is 0 Å². The highest BCUT2D eigenvalue weighted by Crippen LogP contribution is 2.41. The van der Waals surface area contributed by atoms with Crippen molar-refractivity contribution < 1.29 is 23.1 Å². The van der Waals surface area contributed by atoms with Crippen molar-refractivity contribution in [2.75, 3.05) is 0 Å². The van der Waals surface area contributed by atoms with Gasteiger partial charge in [-0.15, -0.1) is 0 Å². The number of benzene rings is 2. The first-order valence-corrected chi connectivity index (χ1v) is 11.7. The molecule has 0 bridgehead atoms. The monoisotopic (exact) mass is 503 g/mol. The number of aliphatic hydroxyl groups is 1. The van der Waals surface area contributed by atoms with E-state index in [-0.39, 0.29) is 23.1 Å². The topological polar surface area (TPSA) is 67.2 Å². The Hall–Kier alpha value is -3.10. The van der Waals surface area contributed by atoms with E-state index in [0.717, 1.165) is 24.6 Å². The molecule has 2 N–H and O–H groups in total. The van der Waals surface area contributed by atoms with Crippen LogP contribution < -0.4 is 5.32 Å². The molecule has 5 nitrogen and oxygen atoms in total. The molecule has 0 saturated heterocycles. The lowest BCUT2D eigenvalue weighted by Gasteiger charge is -2.29. The van der Waals surface area contributed by atoms with E-state index < -0.39 is 34.8 Å². The van der Waals surface area contributed by atoms with E-state index in [0.29, 0.717) is 18.4 Å². The Bertz CT molecular complexity index is 1210.